The minimum Gasteiger partial charge on any atom is -0.398 e. The van der Waals surface area contributed by atoms with Gasteiger partial charge < -0.3 is 10.6 Å². The fraction of sp³-hybridized carbons (Fsp3) is 0.143. The SMILES string of the molecule is Nc1cccc2c1CN(c1ccc(Cl)cc1F)C2. The van der Waals surface area contributed by atoms with E-state index in [1.165, 1.54) is 6.07 Å². The Labute approximate surface area is 110 Å². The smallest absolute Gasteiger partial charge is 0.147 e. The van der Waals surface area contributed by atoms with Crippen molar-refractivity contribution in [3.63, 3.8) is 0 Å². The zero-order chi connectivity index (χ0) is 12.7. The Hall–Kier alpha value is -1.74. The van der Waals surface area contributed by atoms with Crippen LogP contribution in [0, 0.1) is 5.82 Å². The molecular weight excluding hydrogens is 251 g/mol. The normalized spacial score (nSPS) is 13.8. The van der Waals surface area contributed by atoms with Crippen LogP contribution in [0.25, 0.3) is 0 Å². The Kier molecular flexibility index (Phi) is 2.63. The lowest BCUT2D eigenvalue weighted by molar-refractivity contribution is 0.619. The van der Waals surface area contributed by atoms with Gasteiger partial charge in [0.05, 0.1) is 5.69 Å². The standard InChI is InChI=1S/C14H12ClFN2/c15-10-4-5-14(12(16)6-10)18-7-9-2-1-3-13(17)11(9)8-18/h1-6H,7-8,17H2. The van der Waals surface area contributed by atoms with Gasteiger partial charge in [-0.15, -0.1) is 0 Å². The number of anilines is 2. The van der Waals surface area contributed by atoms with Crippen molar-refractivity contribution in [2.45, 2.75) is 13.1 Å². The van der Waals surface area contributed by atoms with Crippen molar-refractivity contribution in [3.8, 4) is 0 Å². The van der Waals surface area contributed by atoms with Gasteiger partial charge in [-0.1, -0.05) is 23.7 Å². The maximum atomic E-state index is 13.9. The van der Waals surface area contributed by atoms with Gasteiger partial charge in [0, 0.05) is 23.8 Å². The van der Waals surface area contributed by atoms with E-state index in [2.05, 4.69) is 0 Å². The first-order valence-electron chi connectivity index (χ1n) is 5.71. The molecule has 2 N–H and O–H groups in total. The van der Waals surface area contributed by atoms with Crippen LogP contribution in [0.5, 0.6) is 0 Å². The van der Waals surface area contributed by atoms with E-state index >= 15 is 0 Å². The summed E-state index contributed by atoms with van der Waals surface area (Å²) >= 11 is 5.76. The lowest BCUT2D eigenvalue weighted by Gasteiger charge is -2.18. The molecule has 0 saturated heterocycles. The van der Waals surface area contributed by atoms with Crippen molar-refractivity contribution in [1.29, 1.82) is 0 Å². The molecule has 1 aliphatic rings. The maximum absolute atomic E-state index is 13.9. The minimum atomic E-state index is -0.297. The summed E-state index contributed by atoms with van der Waals surface area (Å²) in [6, 6.07) is 10.6. The van der Waals surface area contributed by atoms with Crippen LogP contribution in [-0.4, -0.2) is 0 Å². The van der Waals surface area contributed by atoms with Crippen molar-refractivity contribution in [3.05, 3.63) is 58.4 Å². The molecule has 0 fully saturated rings. The highest BCUT2D eigenvalue weighted by molar-refractivity contribution is 6.30. The van der Waals surface area contributed by atoms with Gasteiger partial charge in [0.1, 0.15) is 5.82 Å². The summed E-state index contributed by atoms with van der Waals surface area (Å²) < 4.78 is 13.9. The number of halogens is 2. The first-order chi connectivity index (χ1) is 8.65. The highest BCUT2D eigenvalue weighted by atomic mass is 35.5. The van der Waals surface area contributed by atoms with Crippen molar-refractivity contribution < 1.29 is 4.39 Å². The molecule has 3 rings (SSSR count). The molecule has 1 heterocycles. The fourth-order valence-electron chi connectivity index (χ4n) is 2.36. The Balaban J connectivity index is 1.96. The second-order valence-electron chi connectivity index (χ2n) is 4.44. The zero-order valence-corrected chi connectivity index (χ0v) is 10.4. The second-order valence-corrected chi connectivity index (χ2v) is 4.87. The molecule has 0 aliphatic carbocycles. The summed E-state index contributed by atoms with van der Waals surface area (Å²) in [5.74, 6) is -0.297. The van der Waals surface area contributed by atoms with Crippen LogP contribution >= 0.6 is 11.6 Å². The Bertz CT molecular complexity index is 613. The molecule has 2 aromatic carbocycles. The molecule has 0 amide bonds. The Morgan fingerprint density at radius 1 is 1.17 bits per heavy atom. The van der Waals surface area contributed by atoms with Crippen LogP contribution in [0.1, 0.15) is 11.1 Å². The van der Waals surface area contributed by atoms with Gasteiger partial charge in [0.2, 0.25) is 0 Å². The minimum absolute atomic E-state index is 0.297. The molecule has 92 valence electrons. The molecule has 18 heavy (non-hydrogen) atoms. The number of fused-ring (bicyclic) bond motifs is 1. The van der Waals surface area contributed by atoms with Gasteiger partial charge >= 0.3 is 0 Å². The van der Waals surface area contributed by atoms with Crippen LogP contribution in [-0.2, 0) is 13.1 Å². The van der Waals surface area contributed by atoms with E-state index in [1.54, 1.807) is 12.1 Å². The third-order valence-corrected chi connectivity index (χ3v) is 3.50. The number of nitrogens with two attached hydrogens (primary N) is 1. The summed E-state index contributed by atoms with van der Waals surface area (Å²) in [5, 5.41) is 0.410. The summed E-state index contributed by atoms with van der Waals surface area (Å²) in [6.45, 7) is 1.32. The molecule has 2 aromatic rings. The molecule has 0 saturated carbocycles. The van der Waals surface area contributed by atoms with Crippen LogP contribution in [0.2, 0.25) is 5.02 Å². The Morgan fingerprint density at radius 3 is 2.72 bits per heavy atom. The predicted octanol–water partition coefficient (Wildman–Crippen LogP) is 3.58. The molecule has 1 aliphatic heterocycles. The molecule has 0 bridgehead atoms. The van der Waals surface area contributed by atoms with Crippen LogP contribution in [0.15, 0.2) is 36.4 Å². The molecule has 0 spiro atoms. The van der Waals surface area contributed by atoms with E-state index in [9.17, 15) is 4.39 Å². The molecule has 2 nitrogen and oxygen atoms in total. The summed E-state index contributed by atoms with van der Waals surface area (Å²) in [5.41, 5.74) is 9.51. The van der Waals surface area contributed by atoms with Crippen molar-refractivity contribution in [2.75, 3.05) is 10.6 Å². The van der Waals surface area contributed by atoms with Gasteiger partial charge in [-0.25, -0.2) is 4.39 Å². The molecule has 4 heteroatoms. The number of nitrogen functional groups attached to an aromatic ring is 1. The van der Waals surface area contributed by atoms with Crippen molar-refractivity contribution >= 4 is 23.0 Å². The van der Waals surface area contributed by atoms with Gasteiger partial charge in [0.15, 0.2) is 0 Å². The van der Waals surface area contributed by atoms with Crippen LogP contribution in [0.4, 0.5) is 15.8 Å². The van der Waals surface area contributed by atoms with Crippen LogP contribution < -0.4 is 10.6 Å². The summed E-state index contributed by atoms with van der Waals surface area (Å²) in [6.07, 6.45) is 0. The predicted molar refractivity (Wildman–Crippen MR) is 72.2 cm³/mol. The highest BCUT2D eigenvalue weighted by Crippen LogP contribution is 2.33. The lowest BCUT2D eigenvalue weighted by Crippen LogP contribution is -2.16. The summed E-state index contributed by atoms with van der Waals surface area (Å²) in [4.78, 5) is 1.96. The number of hydrogen-bond donors (Lipinski definition) is 1. The topological polar surface area (TPSA) is 29.3 Å². The lowest BCUT2D eigenvalue weighted by atomic mass is 10.1. The average Bonchev–Trinajstić information content (AvgIpc) is 2.74. The zero-order valence-electron chi connectivity index (χ0n) is 9.66. The van der Waals surface area contributed by atoms with Crippen molar-refractivity contribution in [2.24, 2.45) is 0 Å². The van der Waals surface area contributed by atoms with E-state index in [-0.39, 0.29) is 5.82 Å². The largest absolute Gasteiger partial charge is 0.398 e. The van der Waals surface area contributed by atoms with Gasteiger partial charge in [-0.05, 0) is 35.4 Å². The molecular formula is C14H12ClFN2. The van der Waals surface area contributed by atoms with E-state index in [4.69, 9.17) is 17.3 Å². The fourth-order valence-corrected chi connectivity index (χ4v) is 2.51. The monoisotopic (exact) mass is 262 g/mol. The molecule has 0 radical (unpaired) electrons. The maximum Gasteiger partial charge on any atom is 0.147 e. The number of hydrogen-bond acceptors (Lipinski definition) is 2. The van der Waals surface area contributed by atoms with E-state index in [1.807, 2.05) is 23.1 Å². The first-order valence-corrected chi connectivity index (χ1v) is 6.09. The number of rotatable bonds is 1. The second kappa shape index (κ2) is 4.18. The van der Waals surface area contributed by atoms with Gasteiger partial charge in [0.25, 0.3) is 0 Å². The number of nitrogens with zero attached hydrogens (tertiary/aromatic N) is 1. The van der Waals surface area contributed by atoms with E-state index in [0.717, 1.165) is 16.8 Å². The molecule has 0 aromatic heterocycles. The third kappa shape index (κ3) is 1.81. The Morgan fingerprint density at radius 2 is 2.00 bits per heavy atom. The quantitative estimate of drug-likeness (QED) is 0.796. The van der Waals surface area contributed by atoms with Crippen molar-refractivity contribution in [1.82, 2.24) is 0 Å². The van der Waals surface area contributed by atoms with Crippen LogP contribution in [0.3, 0.4) is 0 Å². The third-order valence-electron chi connectivity index (χ3n) is 3.27. The molecule has 0 unspecified atom stereocenters. The van der Waals surface area contributed by atoms with Gasteiger partial charge in [-0.2, -0.15) is 0 Å². The molecule has 0 atom stereocenters. The van der Waals surface area contributed by atoms with E-state index in [0.29, 0.717) is 23.8 Å². The average molecular weight is 263 g/mol. The summed E-state index contributed by atoms with van der Waals surface area (Å²) in [7, 11) is 0. The van der Waals surface area contributed by atoms with Gasteiger partial charge in [-0.3, -0.25) is 0 Å². The van der Waals surface area contributed by atoms with E-state index < -0.39 is 0 Å². The first kappa shape index (κ1) is 11.4. The number of benzene rings is 2. The highest BCUT2D eigenvalue weighted by Gasteiger charge is 2.22.